The number of rotatable bonds is 8. The molecule has 3 aromatic carbocycles. The van der Waals surface area contributed by atoms with E-state index in [0.717, 1.165) is 11.1 Å². The molecule has 8 heteroatoms. The van der Waals surface area contributed by atoms with Gasteiger partial charge < -0.3 is 0 Å². The van der Waals surface area contributed by atoms with Crippen LogP contribution in [0, 0.1) is 0 Å². The molecule has 0 aromatic heterocycles. The van der Waals surface area contributed by atoms with Crippen LogP contribution in [0.1, 0.15) is 24.0 Å². The molecule has 2 heterocycles. The summed E-state index contributed by atoms with van der Waals surface area (Å²) >= 11 is 2.90. The first kappa shape index (κ1) is 24.3. The van der Waals surface area contributed by atoms with Gasteiger partial charge in [0, 0.05) is 24.3 Å². The summed E-state index contributed by atoms with van der Waals surface area (Å²) in [4.78, 5) is 54.1. The molecule has 5 rings (SSSR count). The second kappa shape index (κ2) is 10.7. The summed E-state index contributed by atoms with van der Waals surface area (Å²) in [6, 6.07) is 26.2. The van der Waals surface area contributed by atoms with Crippen LogP contribution in [0.3, 0.4) is 0 Å². The average molecular weight is 517 g/mol. The summed E-state index contributed by atoms with van der Waals surface area (Å²) in [5, 5.41) is -0.926. The lowest BCUT2D eigenvalue weighted by Gasteiger charge is -2.19. The Morgan fingerprint density at radius 1 is 0.583 bits per heavy atom. The first-order chi connectivity index (χ1) is 17.5. The summed E-state index contributed by atoms with van der Waals surface area (Å²) in [5.74, 6) is 0.173. The highest BCUT2D eigenvalue weighted by Gasteiger charge is 2.42. The van der Waals surface area contributed by atoms with Gasteiger partial charge in [-0.2, -0.15) is 0 Å². The van der Waals surface area contributed by atoms with Gasteiger partial charge in [-0.1, -0.05) is 66.7 Å². The van der Waals surface area contributed by atoms with Crippen LogP contribution in [0.5, 0.6) is 0 Å². The second-order valence-electron chi connectivity index (χ2n) is 8.63. The monoisotopic (exact) mass is 516 g/mol. The smallest absolute Gasteiger partial charge is 0.247 e. The zero-order chi connectivity index (χ0) is 25.1. The number of hydrogen-bond donors (Lipinski definition) is 0. The predicted octanol–water partition coefficient (Wildman–Crippen LogP) is 4.82. The molecule has 2 atom stereocenters. The maximum Gasteiger partial charge on any atom is 0.247 e. The van der Waals surface area contributed by atoms with Crippen LogP contribution in [0.25, 0.3) is 0 Å². The van der Waals surface area contributed by atoms with E-state index in [9.17, 15) is 19.2 Å². The molecule has 2 unspecified atom stereocenters. The summed E-state index contributed by atoms with van der Waals surface area (Å²) in [6.07, 6.45) is 0.251. The molecule has 0 aliphatic carbocycles. The van der Waals surface area contributed by atoms with Gasteiger partial charge in [0.1, 0.15) is 0 Å². The first-order valence-electron chi connectivity index (χ1n) is 11.7. The van der Waals surface area contributed by atoms with Crippen molar-refractivity contribution >= 4 is 58.5 Å². The number of thioether (sulfide) groups is 2. The van der Waals surface area contributed by atoms with E-state index in [0.29, 0.717) is 22.9 Å². The Labute approximate surface area is 218 Å². The Balaban J connectivity index is 1.28. The zero-order valence-electron chi connectivity index (χ0n) is 19.4. The zero-order valence-corrected chi connectivity index (χ0v) is 21.0. The summed E-state index contributed by atoms with van der Waals surface area (Å²) < 4.78 is 0. The van der Waals surface area contributed by atoms with E-state index in [-0.39, 0.29) is 36.5 Å². The highest BCUT2D eigenvalue weighted by molar-refractivity contribution is 8.00. The van der Waals surface area contributed by atoms with Gasteiger partial charge in [-0.05, 0) is 29.3 Å². The maximum absolute atomic E-state index is 13.1. The van der Waals surface area contributed by atoms with Gasteiger partial charge in [-0.15, -0.1) is 23.5 Å². The SMILES string of the molecule is O=C1CC(SCc2ccccc2)C(=O)N1c1cccc(N2C(=O)CC(SCc3ccccc3)C2=O)c1. The molecule has 2 aliphatic heterocycles. The molecule has 0 radical (unpaired) electrons. The van der Waals surface area contributed by atoms with E-state index >= 15 is 0 Å². The van der Waals surface area contributed by atoms with Gasteiger partial charge in [0.25, 0.3) is 0 Å². The fourth-order valence-corrected chi connectivity index (χ4v) is 6.51. The van der Waals surface area contributed by atoms with Crippen molar-refractivity contribution in [3.63, 3.8) is 0 Å². The first-order valence-corrected chi connectivity index (χ1v) is 13.8. The topological polar surface area (TPSA) is 74.8 Å². The number of carbonyl (C=O) groups excluding carboxylic acids is 4. The lowest BCUT2D eigenvalue weighted by atomic mass is 10.2. The molecule has 182 valence electrons. The number of carbonyl (C=O) groups is 4. The Morgan fingerprint density at radius 3 is 1.42 bits per heavy atom. The van der Waals surface area contributed by atoms with Crippen LogP contribution < -0.4 is 9.80 Å². The number of nitrogens with zero attached hydrogens (tertiary/aromatic N) is 2. The summed E-state index contributed by atoms with van der Waals surface area (Å²) in [5.41, 5.74) is 2.94. The van der Waals surface area contributed by atoms with Crippen molar-refractivity contribution in [1.82, 2.24) is 0 Å². The molecule has 0 saturated carbocycles. The fourth-order valence-electron chi connectivity index (χ4n) is 4.32. The van der Waals surface area contributed by atoms with Crippen molar-refractivity contribution in [2.45, 2.75) is 34.8 Å². The van der Waals surface area contributed by atoms with Crippen LogP contribution in [0.2, 0.25) is 0 Å². The van der Waals surface area contributed by atoms with E-state index < -0.39 is 10.5 Å². The largest absolute Gasteiger partial charge is 0.274 e. The van der Waals surface area contributed by atoms with E-state index in [1.54, 1.807) is 24.3 Å². The molecule has 4 amide bonds. The van der Waals surface area contributed by atoms with E-state index in [2.05, 4.69) is 0 Å². The van der Waals surface area contributed by atoms with Crippen LogP contribution in [-0.2, 0) is 30.7 Å². The van der Waals surface area contributed by atoms with E-state index in [4.69, 9.17) is 0 Å². The number of amides is 4. The molecule has 0 bridgehead atoms. The molecular formula is C28H24N2O4S2. The number of imide groups is 2. The Kier molecular flexibility index (Phi) is 7.25. The van der Waals surface area contributed by atoms with Gasteiger partial charge in [-0.3, -0.25) is 19.2 Å². The van der Waals surface area contributed by atoms with Crippen LogP contribution in [0.4, 0.5) is 11.4 Å². The molecule has 6 nitrogen and oxygen atoms in total. The minimum atomic E-state index is -0.463. The van der Waals surface area contributed by atoms with Crippen molar-refractivity contribution in [2.75, 3.05) is 9.80 Å². The molecule has 2 aliphatic rings. The van der Waals surface area contributed by atoms with Gasteiger partial charge in [0.15, 0.2) is 0 Å². The number of hydrogen-bond acceptors (Lipinski definition) is 6. The molecular weight excluding hydrogens is 492 g/mol. The molecule has 2 fully saturated rings. The van der Waals surface area contributed by atoms with Crippen molar-refractivity contribution in [1.29, 1.82) is 0 Å². The number of benzene rings is 3. The van der Waals surface area contributed by atoms with Crippen molar-refractivity contribution in [3.8, 4) is 0 Å². The van der Waals surface area contributed by atoms with Crippen LogP contribution in [-0.4, -0.2) is 34.1 Å². The second-order valence-corrected chi connectivity index (χ2v) is 11.0. The minimum absolute atomic E-state index is 0.125. The Bertz CT molecular complexity index is 1200. The fraction of sp³-hybridized carbons (Fsp3) is 0.214. The Hall–Kier alpha value is -3.36. The van der Waals surface area contributed by atoms with Crippen molar-refractivity contribution in [2.24, 2.45) is 0 Å². The standard InChI is InChI=1S/C28H24N2O4S2/c31-25-15-23(35-17-19-8-3-1-4-9-19)27(33)29(25)21-12-7-13-22(14-21)30-26(32)16-24(28(30)34)36-18-20-10-5-2-6-11-20/h1-14,23-24H,15-18H2. The number of anilines is 2. The molecule has 0 N–H and O–H groups in total. The van der Waals surface area contributed by atoms with Gasteiger partial charge in [0.05, 0.1) is 21.9 Å². The highest BCUT2D eigenvalue weighted by Crippen LogP contribution is 2.36. The lowest BCUT2D eigenvalue weighted by molar-refractivity contribution is -0.122. The molecule has 36 heavy (non-hydrogen) atoms. The predicted molar refractivity (Wildman–Crippen MR) is 144 cm³/mol. The van der Waals surface area contributed by atoms with Gasteiger partial charge >= 0.3 is 0 Å². The van der Waals surface area contributed by atoms with Gasteiger partial charge in [-0.25, -0.2) is 9.80 Å². The van der Waals surface area contributed by atoms with Crippen molar-refractivity contribution in [3.05, 3.63) is 96.1 Å². The van der Waals surface area contributed by atoms with Crippen LogP contribution >= 0.6 is 23.5 Å². The highest BCUT2D eigenvalue weighted by atomic mass is 32.2. The minimum Gasteiger partial charge on any atom is -0.274 e. The third kappa shape index (κ3) is 5.10. The molecule has 2 saturated heterocycles. The van der Waals surface area contributed by atoms with Crippen molar-refractivity contribution < 1.29 is 19.2 Å². The summed E-state index contributed by atoms with van der Waals surface area (Å²) in [6.45, 7) is 0. The summed E-state index contributed by atoms with van der Waals surface area (Å²) in [7, 11) is 0. The maximum atomic E-state index is 13.1. The molecule has 3 aromatic rings. The lowest BCUT2D eigenvalue weighted by Crippen LogP contribution is -2.33. The van der Waals surface area contributed by atoms with Gasteiger partial charge in [0.2, 0.25) is 23.6 Å². The average Bonchev–Trinajstić information content (AvgIpc) is 3.35. The third-order valence-corrected chi connectivity index (χ3v) is 8.69. The third-order valence-electron chi connectivity index (χ3n) is 6.14. The van der Waals surface area contributed by atoms with E-state index in [1.807, 2.05) is 60.7 Å². The normalized spacial score (nSPS) is 20.0. The van der Waals surface area contributed by atoms with E-state index in [1.165, 1.54) is 33.3 Å². The molecule has 0 spiro atoms. The van der Waals surface area contributed by atoms with Crippen LogP contribution in [0.15, 0.2) is 84.9 Å². The quantitative estimate of drug-likeness (QED) is 0.400. The Morgan fingerprint density at radius 2 is 1.00 bits per heavy atom.